The molecule has 0 saturated carbocycles. The fourth-order valence-corrected chi connectivity index (χ4v) is 2.43. The van der Waals surface area contributed by atoms with Crippen molar-refractivity contribution >= 4 is 17.9 Å². The molecule has 9 heteroatoms. The van der Waals surface area contributed by atoms with Gasteiger partial charge in [0, 0.05) is 19.2 Å². The second-order valence-electron chi connectivity index (χ2n) is 7.05. The molecular formula is C19H25N5O4. The van der Waals surface area contributed by atoms with Gasteiger partial charge in [0.15, 0.2) is 0 Å². The highest BCUT2D eigenvalue weighted by Gasteiger charge is 2.18. The van der Waals surface area contributed by atoms with E-state index < -0.39 is 5.60 Å². The van der Waals surface area contributed by atoms with Crippen LogP contribution in [-0.2, 0) is 4.74 Å². The molecule has 2 aromatic rings. The Morgan fingerprint density at radius 2 is 1.96 bits per heavy atom. The highest BCUT2D eigenvalue weighted by Crippen LogP contribution is 2.18. The molecule has 2 heterocycles. The van der Waals surface area contributed by atoms with Crippen LogP contribution in [0.25, 0.3) is 0 Å². The van der Waals surface area contributed by atoms with Crippen molar-refractivity contribution < 1.29 is 19.7 Å². The van der Waals surface area contributed by atoms with Crippen LogP contribution in [0.2, 0.25) is 0 Å². The summed E-state index contributed by atoms with van der Waals surface area (Å²) in [5.74, 6) is 1.08. The van der Waals surface area contributed by atoms with E-state index in [0.29, 0.717) is 43.8 Å². The van der Waals surface area contributed by atoms with Crippen molar-refractivity contribution in [3.05, 3.63) is 36.0 Å². The number of hydrogen-bond donors (Lipinski definition) is 3. The Bertz CT molecular complexity index is 799. The predicted molar refractivity (Wildman–Crippen MR) is 106 cm³/mol. The van der Waals surface area contributed by atoms with E-state index in [1.54, 1.807) is 50.4 Å². The van der Waals surface area contributed by atoms with Crippen molar-refractivity contribution in [1.82, 2.24) is 9.97 Å². The molecule has 1 fully saturated rings. The Kier molecular flexibility index (Phi) is 6.27. The van der Waals surface area contributed by atoms with Crippen LogP contribution in [0.3, 0.4) is 0 Å². The monoisotopic (exact) mass is 387 g/mol. The smallest absolute Gasteiger partial charge is 0.229 e. The minimum atomic E-state index is -0.973. The second kappa shape index (κ2) is 8.85. The Morgan fingerprint density at radius 3 is 2.64 bits per heavy atom. The second-order valence-corrected chi connectivity index (χ2v) is 7.05. The average molecular weight is 387 g/mol. The number of hydrazone groups is 1. The molecule has 0 spiro atoms. The average Bonchev–Trinajstić information content (AvgIpc) is 2.68. The summed E-state index contributed by atoms with van der Waals surface area (Å²) in [6.07, 6.45) is 1.56. The van der Waals surface area contributed by atoms with Gasteiger partial charge in [0.25, 0.3) is 0 Å². The van der Waals surface area contributed by atoms with Crippen LogP contribution in [0.4, 0.5) is 11.6 Å². The Morgan fingerprint density at radius 1 is 1.25 bits per heavy atom. The van der Waals surface area contributed by atoms with Crippen LogP contribution in [0, 0.1) is 0 Å². The standard InChI is InChI=1S/C19H25N5O4/c1-19(2,26)13-28-17-11-15(12-20-23-14-3-5-16(25)6-4-14)21-18(22-17)24-7-9-27-10-8-24/h3-6,11-12,23,25-26H,7-10,13H2,1-2H3/b20-12+. The number of anilines is 2. The lowest BCUT2D eigenvalue weighted by atomic mass is 10.2. The molecule has 9 nitrogen and oxygen atoms in total. The third-order valence-corrected chi connectivity index (χ3v) is 3.84. The van der Waals surface area contributed by atoms with Crippen molar-refractivity contribution in [3.63, 3.8) is 0 Å². The van der Waals surface area contributed by atoms with Gasteiger partial charge in [-0.1, -0.05) is 0 Å². The summed E-state index contributed by atoms with van der Waals surface area (Å²) in [6.45, 7) is 6.05. The van der Waals surface area contributed by atoms with Crippen molar-refractivity contribution in [2.75, 3.05) is 43.2 Å². The molecule has 1 aliphatic heterocycles. The quantitative estimate of drug-likeness (QED) is 0.373. The van der Waals surface area contributed by atoms with Crippen LogP contribution in [0.1, 0.15) is 19.5 Å². The Balaban J connectivity index is 1.77. The van der Waals surface area contributed by atoms with Gasteiger partial charge in [0.05, 0.1) is 36.4 Å². The number of aliphatic hydroxyl groups is 1. The van der Waals surface area contributed by atoms with Gasteiger partial charge in [0.1, 0.15) is 12.4 Å². The van der Waals surface area contributed by atoms with Gasteiger partial charge in [-0.3, -0.25) is 5.43 Å². The van der Waals surface area contributed by atoms with E-state index in [-0.39, 0.29) is 12.4 Å². The molecule has 0 atom stereocenters. The fraction of sp³-hybridized carbons (Fsp3) is 0.421. The van der Waals surface area contributed by atoms with E-state index in [4.69, 9.17) is 9.47 Å². The minimum Gasteiger partial charge on any atom is -0.508 e. The maximum Gasteiger partial charge on any atom is 0.229 e. The summed E-state index contributed by atoms with van der Waals surface area (Å²) in [5.41, 5.74) is 3.20. The molecule has 0 amide bonds. The molecular weight excluding hydrogens is 362 g/mol. The molecule has 0 unspecified atom stereocenters. The van der Waals surface area contributed by atoms with Gasteiger partial charge < -0.3 is 24.6 Å². The fourth-order valence-electron chi connectivity index (χ4n) is 2.43. The number of ether oxygens (including phenoxy) is 2. The zero-order chi connectivity index (χ0) is 20.0. The maximum atomic E-state index is 9.90. The zero-order valence-corrected chi connectivity index (χ0v) is 16.0. The SMILES string of the molecule is CC(C)(O)COc1cc(/C=N/Nc2ccc(O)cc2)nc(N2CCOCC2)n1. The van der Waals surface area contributed by atoms with Gasteiger partial charge in [0.2, 0.25) is 11.8 Å². The number of rotatable bonds is 7. The first-order valence-electron chi connectivity index (χ1n) is 9.04. The normalized spacial score (nSPS) is 15.0. The van der Waals surface area contributed by atoms with E-state index in [1.165, 1.54) is 0 Å². The van der Waals surface area contributed by atoms with Crippen LogP contribution in [0.5, 0.6) is 11.6 Å². The van der Waals surface area contributed by atoms with Crippen molar-refractivity contribution in [3.8, 4) is 11.6 Å². The number of phenolic OH excluding ortho intramolecular Hbond substituents is 1. The van der Waals surface area contributed by atoms with E-state index in [1.807, 2.05) is 4.90 Å². The lowest BCUT2D eigenvalue weighted by molar-refractivity contribution is 0.0268. The number of aromatic hydroxyl groups is 1. The highest BCUT2D eigenvalue weighted by atomic mass is 16.5. The highest BCUT2D eigenvalue weighted by molar-refractivity contribution is 5.78. The first kappa shape index (κ1) is 19.8. The topological polar surface area (TPSA) is 112 Å². The number of aromatic nitrogens is 2. The molecule has 0 bridgehead atoms. The number of benzene rings is 1. The molecule has 28 heavy (non-hydrogen) atoms. The Labute approximate surface area is 163 Å². The first-order chi connectivity index (χ1) is 13.4. The van der Waals surface area contributed by atoms with E-state index in [2.05, 4.69) is 20.5 Å². The molecule has 1 aromatic carbocycles. The van der Waals surface area contributed by atoms with E-state index >= 15 is 0 Å². The summed E-state index contributed by atoms with van der Waals surface area (Å²) in [6, 6.07) is 8.23. The van der Waals surface area contributed by atoms with Crippen LogP contribution in [-0.4, -0.2) is 64.9 Å². The molecule has 1 saturated heterocycles. The van der Waals surface area contributed by atoms with Gasteiger partial charge in [-0.25, -0.2) is 4.98 Å². The largest absolute Gasteiger partial charge is 0.508 e. The van der Waals surface area contributed by atoms with Gasteiger partial charge in [-0.05, 0) is 38.1 Å². The number of nitrogens with one attached hydrogen (secondary N) is 1. The summed E-state index contributed by atoms with van der Waals surface area (Å²) in [7, 11) is 0. The van der Waals surface area contributed by atoms with Crippen molar-refractivity contribution in [2.45, 2.75) is 19.4 Å². The van der Waals surface area contributed by atoms with Crippen LogP contribution < -0.4 is 15.1 Å². The summed E-state index contributed by atoms with van der Waals surface area (Å²) < 4.78 is 11.0. The molecule has 1 aromatic heterocycles. The molecule has 0 radical (unpaired) electrons. The zero-order valence-electron chi connectivity index (χ0n) is 16.0. The van der Waals surface area contributed by atoms with Crippen LogP contribution >= 0.6 is 0 Å². The number of phenols is 1. The third kappa shape index (κ3) is 6.07. The number of morpholine rings is 1. The Hall–Kier alpha value is -2.91. The predicted octanol–water partition coefficient (Wildman–Crippen LogP) is 1.61. The summed E-state index contributed by atoms with van der Waals surface area (Å²) in [4.78, 5) is 11.0. The number of nitrogens with zero attached hydrogens (tertiary/aromatic N) is 4. The lowest BCUT2D eigenvalue weighted by Gasteiger charge is -2.27. The van der Waals surface area contributed by atoms with Gasteiger partial charge in [-0.15, -0.1) is 0 Å². The summed E-state index contributed by atoms with van der Waals surface area (Å²) >= 11 is 0. The molecule has 1 aliphatic rings. The van der Waals surface area contributed by atoms with Gasteiger partial charge >= 0.3 is 0 Å². The van der Waals surface area contributed by atoms with E-state index in [9.17, 15) is 10.2 Å². The molecule has 150 valence electrons. The van der Waals surface area contributed by atoms with E-state index in [0.717, 1.165) is 5.69 Å². The lowest BCUT2D eigenvalue weighted by Crippen LogP contribution is -2.37. The van der Waals surface area contributed by atoms with Crippen molar-refractivity contribution in [1.29, 1.82) is 0 Å². The first-order valence-corrected chi connectivity index (χ1v) is 9.04. The molecule has 3 N–H and O–H groups in total. The third-order valence-electron chi connectivity index (χ3n) is 3.84. The maximum absolute atomic E-state index is 9.90. The molecule has 3 rings (SSSR count). The molecule has 0 aliphatic carbocycles. The number of hydrogen-bond acceptors (Lipinski definition) is 9. The summed E-state index contributed by atoms with van der Waals surface area (Å²) in [5, 5.41) is 23.4. The van der Waals surface area contributed by atoms with Crippen molar-refractivity contribution in [2.24, 2.45) is 5.10 Å². The van der Waals surface area contributed by atoms with Gasteiger partial charge in [-0.2, -0.15) is 10.1 Å². The van der Waals surface area contributed by atoms with Crippen LogP contribution in [0.15, 0.2) is 35.4 Å². The minimum absolute atomic E-state index is 0.106.